The van der Waals surface area contributed by atoms with E-state index in [1.54, 1.807) is 0 Å². The van der Waals surface area contributed by atoms with Crippen molar-refractivity contribution >= 4 is 66.1 Å². The van der Waals surface area contributed by atoms with Crippen LogP contribution in [0.3, 0.4) is 0 Å². The molecular weight excluding hydrogens is 599 g/mol. The molecule has 0 bridgehead atoms. The Balaban J connectivity index is 1.37. The van der Waals surface area contributed by atoms with Gasteiger partial charge < -0.3 is 8.98 Å². The lowest BCUT2D eigenvalue weighted by molar-refractivity contribution is 0.668. The summed E-state index contributed by atoms with van der Waals surface area (Å²) in [6.45, 7) is 4.71. The van der Waals surface area contributed by atoms with Gasteiger partial charge in [-0.2, -0.15) is 0 Å². The minimum atomic E-state index is -0.415. The number of aromatic nitrogens is 1. The molecule has 4 heteroatoms. The van der Waals surface area contributed by atoms with Crippen LogP contribution in [0.4, 0.5) is 0 Å². The third-order valence-electron chi connectivity index (χ3n) is 9.81. The molecule has 0 radical (unpaired) electrons. The minimum Gasteiger partial charge on any atom is -0.456 e. The molecule has 49 heavy (non-hydrogen) atoms. The first-order valence-electron chi connectivity index (χ1n) is 16.6. The molecule has 4 nitrogen and oxygen atoms in total. The summed E-state index contributed by atoms with van der Waals surface area (Å²) in [4.78, 5) is 10.6. The Bertz CT molecular complexity index is 2840. The molecule has 0 saturated heterocycles. The molecule has 3 heterocycles. The average Bonchev–Trinajstić information content (AvgIpc) is 3.72. The van der Waals surface area contributed by atoms with Crippen LogP contribution in [0.15, 0.2) is 184 Å². The molecule has 1 atom stereocenters. The van der Waals surface area contributed by atoms with Crippen LogP contribution in [0.25, 0.3) is 60.2 Å². The predicted molar refractivity (Wildman–Crippen MR) is 203 cm³/mol. The molecule has 10 rings (SSSR count). The smallest absolute Gasteiger partial charge is 0.156 e. The highest BCUT2D eigenvalue weighted by atomic mass is 16.3. The lowest BCUT2D eigenvalue weighted by Crippen LogP contribution is -2.21. The quantitative estimate of drug-likeness (QED) is 0.191. The van der Waals surface area contributed by atoms with Crippen LogP contribution in [0.5, 0.6) is 0 Å². The maximum Gasteiger partial charge on any atom is 0.156 e. The van der Waals surface area contributed by atoms with Gasteiger partial charge in [-0.3, -0.25) is 4.99 Å². The van der Waals surface area contributed by atoms with Gasteiger partial charge in [0, 0.05) is 43.8 Å². The van der Waals surface area contributed by atoms with Crippen molar-refractivity contribution in [1.29, 1.82) is 0 Å². The number of aliphatic imine (C=N–C) groups is 2. The second-order valence-corrected chi connectivity index (χ2v) is 12.6. The maximum atomic E-state index is 6.56. The number of furan rings is 1. The molecule has 7 aromatic carbocycles. The minimum absolute atomic E-state index is 0.415. The molecule has 1 aliphatic heterocycles. The second kappa shape index (κ2) is 10.8. The predicted octanol–water partition coefficient (Wildman–Crippen LogP) is 11.4. The standard InChI is InChI=1S/C45H29N3O/c1-28-41(30-15-4-2-5-16-30)46-45(31-17-6-3-7-18-31)47-42(28)36-26-27-39-40(35-21-11-13-23-38(35)49-39)44(36)48-37-22-12-10-20-33(37)34-25-24-29-14-8-9-19-32(29)43(34)48/h2-27,42H,1H2. The van der Waals surface area contributed by atoms with Crippen molar-refractivity contribution in [2.75, 3.05) is 0 Å². The van der Waals surface area contributed by atoms with Crippen molar-refractivity contribution in [3.05, 3.63) is 187 Å². The summed E-state index contributed by atoms with van der Waals surface area (Å²) in [5.74, 6) is 0.688. The fraction of sp³-hybridized carbons (Fsp3) is 0.0222. The number of amidine groups is 1. The number of rotatable bonds is 4. The molecule has 0 aliphatic carbocycles. The van der Waals surface area contributed by atoms with Crippen LogP contribution in [0.2, 0.25) is 0 Å². The van der Waals surface area contributed by atoms with Crippen LogP contribution in [-0.2, 0) is 0 Å². The summed E-state index contributed by atoms with van der Waals surface area (Å²) in [5, 5.41) is 6.89. The first-order valence-corrected chi connectivity index (χ1v) is 16.6. The topological polar surface area (TPSA) is 42.8 Å². The SMILES string of the molecule is C=C1C(c2ccccc2)=NC(c2ccccc2)=NC1c1ccc2oc3ccccc3c2c1-n1c2ccccc2c2ccc3ccccc3c21. The second-order valence-electron chi connectivity index (χ2n) is 12.6. The van der Waals surface area contributed by atoms with Crippen molar-refractivity contribution in [1.82, 2.24) is 4.57 Å². The van der Waals surface area contributed by atoms with E-state index in [-0.39, 0.29) is 0 Å². The third kappa shape index (κ3) is 4.17. The van der Waals surface area contributed by atoms with E-state index in [0.29, 0.717) is 5.84 Å². The highest BCUT2D eigenvalue weighted by Gasteiger charge is 2.31. The first kappa shape index (κ1) is 27.6. The fourth-order valence-corrected chi connectivity index (χ4v) is 7.60. The molecule has 0 N–H and O–H groups in total. The summed E-state index contributed by atoms with van der Waals surface area (Å²) >= 11 is 0. The normalized spacial score (nSPS) is 15.0. The largest absolute Gasteiger partial charge is 0.456 e. The Kier molecular flexibility index (Phi) is 6.06. The number of hydrogen-bond donors (Lipinski definition) is 0. The van der Waals surface area contributed by atoms with E-state index in [1.807, 2.05) is 48.5 Å². The van der Waals surface area contributed by atoms with Crippen LogP contribution in [0, 0.1) is 0 Å². The molecular formula is C45H29N3O. The Morgan fingerprint density at radius 1 is 0.551 bits per heavy atom. The fourth-order valence-electron chi connectivity index (χ4n) is 7.60. The molecule has 0 amide bonds. The summed E-state index contributed by atoms with van der Waals surface area (Å²) < 4.78 is 9.01. The molecule has 0 fully saturated rings. The zero-order valence-electron chi connectivity index (χ0n) is 26.5. The molecule has 1 unspecified atom stereocenters. The lowest BCUT2D eigenvalue weighted by atomic mass is 9.89. The van der Waals surface area contributed by atoms with Gasteiger partial charge in [0.2, 0.25) is 0 Å². The Labute approximate surface area is 282 Å². The van der Waals surface area contributed by atoms with Crippen molar-refractivity contribution in [2.24, 2.45) is 9.98 Å². The van der Waals surface area contributed by atoms with Gasteiger partial charge in [-0.05, 0) is 23.6 Å². The van der Waals surface area contributed by atoms with Gasteiger partial charge in [0.05, 0.1) is 27.8 Å². The summed E-state index contributed by atoms with van der Waals surface area (Å²) in [7, 11) is 0. The van der Waals surface area contributed by atoms with Gasteiger partial charge in [0.1, 0.15) is 17.2 Å². The van der Waals surface area contributed by atoms with E-state index in [1.165, 1.54) is 21.5 Å². The van der Waals surface area contributed by atoms with E-state index >= 15 is 0 Å². The van der Waals surface area contributed by atoms with E-state index in [9.17, 15) is 0 Å². The molecule has 0 spiro atoms. The van der Waals surface area contributed by atoms with Gasteiger partial charge in [-0.25, -0.2) is 4.99 Å². The van der Waals surface area contributed by atoms with E-state index in [4.69, 9.17) is 21.0 Å². The van der Waals surface area contributed by atoms with Gasteiger partial charge in [0.25, 0.3) is 0 Å². The van der Waals surface area contributed by atoms with Gasteiger partial charge in [-0.1, -0.05) is 146 Å². The number of nitrogens with zero attached hydrogens (tertiary/aromatic N) is 3. The Hall–Kier alpha value is -6.52. The number of para-hydroxylation sites is 2. The monoisotopic (exact) mass is 627 g/mol. The van der Waals surface area contributed by atoms with Crippen LogP contribution >= 0.6 is 0 Å². The van der Waals surface area contributed by atoms with Crippen molar-refractivity contribution < 1.29 is 4.42 Å². The summed E-state index contributed by atoms with van der Waals surface area (Å²) in [5.41, 5.74) is 9.72. The molecule has 9 aromatic rings. The van der Waals surface area contributed by atoms with Crippen LogP contribution in [0.1, 0.15) is 22.7 Å². The number of hydrogen-bond acceptors (Lipinski definition) is 3. The van der Waals surface area contributed by atoms with Gasteiger partial charge >= 0.3 is 0 Å². The third-order valence-corrected chi connectivity index (χ3v) is 9.81. The summed E-state index contributed by atoms with van der Waals surface area (Å²) in [6, 6.07) is 54.6. The molecule has 2 aromatic heterocycles. The van der Waals surface area contributed by atoms with E-state index in [0.717, 1.165) is 66.6 Å². The maximum absolute atomic E-state index is 6.56. The van der Waals surface area contributed by atoms with Crippen LogP contribution in [-0.4, -0.2) is 16.1 Å². The number of fused-ring (bicyclic) bond motifs is 8. The zero-order chi connectivity index (χ0) is 32.5. The summed E-state index contributed by atoms with van der Waals surface area (Å²) in [6.07, 6.45) is 0. The van der Waals surface area contributed by atoms with E-state index in [2.05, 4.69) is 114 Å². The highest BCUT2D eigenvalue weighted by molar-refractivity contribution is 6.23. The molecule has 230 valence electrons. The zero-order valence-corrected chi connectivity index (χ0v) is 26.5. The Morgan fingerprint density at radius 3 is 2.04 bits per heavy atom. The first-order chi connectivity index (χ1) is 24.2. The average molecular weight is 628 g/mol. The van der Waals surface area contributed by atoms with Gasteiger partial charge in [0.15, 0.2) is 5.84 Å². The molecule has 0 saturated carbocycles. The lowest BCUT2D eigenvalue weighted by Gasteiger charge is -2.26. The molecule has 1 aliphatic rings. The van der Waals surface area contributed by atoms with Crippen molar-refractivity contribution in [3.8, 4) is 5.69 Å². The van der Waals surface area contributed by atoms with E-state index < -0.39 is 6.04 Å². The van der Waals surface area contributed by atoms with Gasteiger partial charge in [-0.15, -0.1) is 0 Å². The van der Waals surface area contributed by atoms with Crippen molar-refractivity contribution in [2.45, 2.75) is 6.04 Å². The highest BCUT2D eigenvalue weighted by Crippen LogP contribution is 2.46. The Morgan fingerprint density at radius 2 is 1.22 bits per heavy atom. The van der Waals surface area contributed by atoms with Crippen LogP contribution < -0.4 is 0 Å². The number of benzene rings is 7. The van der Waals surface area contributed by atoms with Crippen molar-refractivity contribution in [3.63, 3.8) is 0 Å².